The maximum Gasteiger partial charge on any atom is 0.300 e. The number of aromatic nitrogens is 3. The summed E-state index contributed by atoms with van der Waals surface area (Å²) in [6.07, 6.45) is 1.83. The Labute approximate surface area is 253 Å². The van der Waals surface area contributed by atoms with Gasteiger partial charge in [-0.2, -0.15) is 0 Å². The molecule has 0 amide bonds. The van der Waals surface area contributed by atoms with Crippen LogP contribution in [0, 0.1) is 0 Å². The third-order valence-corrected chi connectivity index (χ3v) is 8.77. The number of imidazole rings is 1. The van der Waals surface area contributed by atoms with Crippen LogP contribution in [0.3, 0.4) is 0 Å². The van der Waals surface area contributed by atoms with E-state index in [4.69, 9.17) is 13.8 Å². The number of furan rings is 2. The van der Waals surface area contributed by atoms with Crippen molar-refractivity contribution in [1.82, 2.24) is 14.1 Å². The average molecular weight is 572 g/mol. The van der Waals surface area contributed by atoms with Crippen molar-refractivity contribution in [3.05, 3.63) is 127 Å². The van der Waals surface area contributed by atoms with E-state index in [9.17, 15) is 0 Å². The second-order valence-electron chi connectivity index (χ2n) is 12.5. The molecule has 9 aromatic rings. The molecule has 5 heteroatoms. The first-order valence-electron chi connectivity index (χ1n) is 15.0. The minimum absolute atomic E-state index is 0.0123. The number of para-hydroxylation sites is 4. The average Bonchev–Trinajstić information content (AvgIpc) is 3.79. The lowest BCUT2D eigenvalue weighted by atomic mass is 9.84. The predicted molar refractivity (Wildman–Crippen MR) is 179 cm³/mol. The van der Waals surface area contributed by atoms with Crippen LogP contribution in [-0.2, 0) is 5.41 Å². The molecular formula is C39H29N3O2. The first-order chi connectivity index (χ1) is 21.5. The molecule has 0 saturated heterocycles. The summed E-state index contributed by atoms with van der Waals surface area (Å²) in [4.78, 5) is 5.11. The Balaban J connectivity index is 1.33. The maximum absolute atomic E-state index is 6.29. The van der Waals surface area contributed by atoms with E-state index in [1.165, 1.54) is 16.3 Å². The second-order valence-corrected chi connectivity index (χ2v) is 12.5. The highest BCUT2D eigenvalue weighted by atomic mass is 16.5. The highest BCUT2D eigenvalue weighted by Crippen LogP contribution is 2.43. The van der Waals surface area contributed by atoms with Crippen LogP contribution in [0.2, 0.25) is 0 Å². The Morgan fingerprint density at radius 1 is 0.636 bits per heavy atom. The Morgan fingerprint density at radius 2 is 1.39 bits per heavy atom. The van der Waals surface area contributed by atoms with Crippen LogP contribution < -0.4 is 0 Å². The quantitative estimate of drug-likeness (QED) is 0.212. The van der Waals surface area contributed by atoms with E-state index in [1.54, 1.807) is 0 Å². The van der Waals surface area contributed by atoms with Crippen LogP contribution in [0.1, 0.15) is 26.3 Å². The molecule has 4 aromatic heterocycles. The molecule has 0 spiro atoms. The van der Waals surface area contributed by atoms with Crippen LogP contribution in [0.5, 0.6) is 0 Å². The largest absolute Gasteiger partial charge is 0.431 e. The lowest BCUT2D eigenvalue weighted by molar-refractivity contribution is 0.498. The molecule has 4 heterocycles. The molecule has 0 aliphatic heterocycles. The van der Waals surface area contributed by atoms with Gasteiger partial charge in [0.1, 0.15) is 17.7 Å². The maximum atomic E-state index is 6.29. The van der Waals surface area contributed by atoms with E-state index >= 15 is 0 Å². The molecule has 0 atom stereocenters. The molecule has 0 unspecified atom stereocenters. The summed E-state index contributed by atoms with van der Waals surface area (Å²) in [5, 5.41) is 4.45. The van der Waals surface area contributed by atoms with E-state index in [0.29, 0.717) is 5.78 Å². The molecule has 5 nitrogen and oxygen atoms in total. The Bertz CT molecular complexity index is 2530. The molecule has 0 N–H and O–H groups in total. The van der Waals surface area contributed by atoms with Gasteiger partial charge in [-0.15, -0.1) is 0 Å². The summed E-state index contributed by atoms with van der Waals surface area (Å²) in [6.45, 7) is 6.83. The smallest absolute Gasteiger partial charge is 0.300 e. The van der Waals surface area contributed by atoms with Gasteiger partial charge in [-0.25, -0.2) is 4.98 Å². The Kier molecular flexibility index (Phi) is 5.10. The van der Waals surface area contributed by atoms with Crippen LogP contribution >= 0.6 is 0 Å². The fraction of sp³-hybridized carbons (Fsp3) is 0.103. The minimum atomic E-state index is -0.0123. The Hall–Kier alpha value is -5.55. The Morgan fingerprint density at radius 3 is 2.23 bits per heavy atom. The normalized spacial score (nSPS) is 12.4. The molecule has 5 aromatic carbocycles. The van der Waals surface area contributed by atoms with Gasteiger partial charge in [-0.05, 0) is 65.6 Å². The van der Waals surface area contributed by atoms with Gasteiger partial charge in [0, 0.05) is 27.4 Å². The minimum Gasteiger partial charge on any atom is -0.431 e. The number of hydrogen-bond acceptors (Lipinski definition) is 3. The monoisotopic (exact) mass is 571 g/mol. The van der Waals surface area contributed by atoms with E-state index < -0.39 is 0 Å². The standard InChI is InChI=1S/C39H29N3O2/c1-39(2,3)28-15-11-19-32-35(28)26-14-7-9-17-30(26)42(32)33-23-43-38-36(33)27-22-24(20-21-34(27)44-38)37-40-29-16-8-10-18-31(29)41(37)25-12-5-4-6-13-25/h4-23H,1-3H3. The van der Waals surface area contributed by atoms with Crippen molar-refractivity contribution in [1.29, 1.82) is 0 Å². The predicted octanol–water partition coefficient (Wildman–Crippen LogP) is 10.6. The number of hydrogen-bond donors (Lipinski definition) is 0. The molecule has 0 aliphatic carbocycles. The lowest BCUT2D eigenvalue weighted by Crippen LogP contribution is -2.11. The van der Waals surface area contributed by atoms with Crippen molar-refractivity contribution in [2.24, 2.45) is 0 Å². The third kappa shape index (κ3) is 3.50. The van der Waals surface area contributed by atoms with Crippen molar-refractivity contribution < 1.29 is 8.83 Å². The van der Waals surface area contributed by atoms with E-state index in [2.05, 4.69) is 127 Å². The van der Waals surface area contributed by atoms with Gasteiger partial charge in [0.25, 0.3) is 5.78 Å². The van der Waals surface area contributed by atoms with Gasteiger partial charge in [0.2, 0.25) is 0 Å². The van der Waals surface area contributed by atoms with Gasteiger partial charge < -0.3 is 13.4 Å². The van der Waals surface area contributed by atoms with Crippen molar-refractivity contribution >= 4 is 55.0 Å². The first-order valence-corrected chi connectivity index (χ1v) is 15.0. The third-order valence-electron chi connectivity index (χ3n) is 8.77. The molecule has 0 fully saturated rings. The van der Waals surface area contributed by atoms with Crippen molar-refractivity contribution in [3.63, 3.8) is 0 Å². The van der Waals surface area contributed by atoms with Gasteiger partial charge in [0.15, 0.2) is 0 Å². The van der Waals surface area contributed by atoms with Gasteiger partial charge in [-0.1, -0.05) is 81.4 Å². The summed E-state index contributed by atoms with van der Waals surface area (Å²) in [6, 6.07) is 40.2. The van der Waals surface area contributed by atoms with Crippen LogP contribution in [-0.4, -0.2) is 14.1 Å². The van der Waals surface area contributed by atoms with Crippen molar-refractivity contribution in [2.45, 2.75) is 26.2 Å². The van der Waals surface area contributed by atoms with Crippen LogP contribution in [0.25, 0.3) is 77.7 Å². The number of rotatable bonds is 3. The lowest BCUT2D eigenvalue weighted by Gasteiger charge is -2.20. The second kappa shape index (κ2) is 8.98. The highest BCUT2D eigenvalue weighted by Gasteiger charge is 2.25. The zero-order valence-corrected chi connectivity index (χ0v) is 24.7. The summed E-state index contributed by atoms with van der Waals surface area (Å²) in [5.74, 6) is 1.40. The van der Waals surface area contributed by atoms with Gasteiger partial charge in [-0.3, -0.25) is 4.57 Å². The molecule has 0 aliphatic rings. The van der Waals surface area contributed by atoms with E-state index in [1.807, 2.05) is 24.5 Å². The zero-order chi connectivity index (χ0) is 29.6. The molecule has 0 bridgehead atoms. The number of fused-ring (bicyclic) bond motifs is 7. The molecule has 0 saturated carbocycles. The van der Waals surface area contributed by atoms with Crippen LogP contribution in [0.15, 0.2) is 130 Å². The van der Waals surface area contributed by atoms with E-state index in [0.717, 1.165) is 61.2 Å². The fourth-order valence-electron chi connectivity index (χ4n) is 6.83. The SMILES string of the molecule is CC(C)(C)c1cccc2c1c1ccccc1n2-c1coc2oc3ccc(-c4nc5ccccc5n4-c4ccccc4)cc3c12. The van der Waals surface area contributed by atoms with Crippen LogP contribution in [0.4, 0.5) is 0 Å². The van der Waals surface area contributed by atoms with Crippen molar-refractivity contribution in [2.75, 3.05) is 0 Å². The summed E-state index contributed by atoms with van der Waals surface area (Å²) in [7, 11) is 0. The van der Waals surface area contributed by atoms with Gasteiger partial charge >= 0.3 is 0 Å². The number of nitrogens with zero attached hydrogens (tertiary/aromatic N) is 3. The van der Waals surface area contributed by atoms with Crippen molar-refractivity contribution in [3.8, 4) is 22.8 Å². The zero-order valence-electron chi connectivity index (χ0n) is 24.7. The molecular weight excluding hydrogens is 542 g/mol. The highest BCUT2D eigenvalue weighted by molar-refractivity contribution is 6.15. The number of benzene rings is 5. The summed E-state index contributed by atoms with van der Waals surface area (Å²) < 4.78 is 17.0. The first kappa shape index (κ1) is 25.0. The molecule has 0 radical (unpaired) electrons. The molecule has 212 valence electrons. The summed E-state index contributed by atoms with van der Waals surface area (Å²) >= 11 is 0. The van der Waals surface area contributed by atoms with Gasteiger partial charge in [0.05, 0.1) is 33.1 Å². The summed E-state index contributed by atoms with van der Waals surface area (Å²) in [5.41, 5.74) is 9.43. The van der Waals surface area contributed by atoms with E-state index in [-0.39, 0.29) is 5.41 Å². The molecule has 9 rings (SSSR count). The molecule has 44 heavy (non-hydrogen) atoms. The topological polar surface area (TPSA) is 49.0 Å². The fourth-order valence-corrected chi connectivity index (χ4v) is 6.83.